The molecule has 1 N–H and O–H groups in total. The SMILES string of the molecule is C/C=C/c1ccc(OCC(=O)N2CC(C)CC(C(=O)O)C2)c(OC)c1. The zero-order valence-electron chi connectivity index (χ0n) is 14.9. The lowest BCUT2D eigenvalue weighted by atomic mass is 9.90. The second-order valence-electron chi connectivity index (χ2n) is 6.37. The summed E-state index contributed by atoms with van der Waals surface area (Å²) in [6.07, 6.45) is 4.47. The maximum atomic E-state index is 12.4. The number of amides is 1. The molecule has 0 bridgehead atoms. The van der Waals surface area contributed by atoms with Gasteiger partial charge in [0.1, 0.15) is 0 Å². The number of carbonyl (C=O) groups is 2. The van der Waals surface area contributed by atoms with Crippen molar-refractivity contribution in [2.45, 2.75) is 20.3 Å². The molecular weight excluding hydrogens is 322 g/mol. The lowest BCUT2D eigenvalue weighted by Gasteiger charge is -2.34. The van der Waals surface area contributed by atoms with E-state index in [-0.39, 0.29) is 25.0 Å². The maximum Gasteiger partial charge on any atom is 0.308 e. The molecule has 1 aliphatic heterocycles. The minimum Gasteiger partial charge on any atom is -0.493 e. The standard InChI is InChI=1S/C19H25NO5/c1-4-5-14-6-7-16(17(9-14)24-3)25-12-18(21)20-10-13(2)8-15(11-20)19(22)23/h4-7,9,13,15H,8,10-12H2,1-3H3,(H,22,23)/b5-4+. The second kappa shape index (κ2) is 8.55. The van der Waals surface area contributed by atoms with Crippen LogP contribution in [0.15, 0.2) is 24.3 Å². The molecule has 2 rings (SSSR count). The van der Waals surface area contributed by atoms with E-state index in [4.69, 9.17) is 9.47 Å². The van der Waals surface area contributed by atoms with E-state index in [0.29, 0.717) is 24.5 Å². The number of methoxy groups -OCH3 is 1. The van der Waals surface area contributed by atoms with Gasteiger partial charge in [-0.3, -0.25) is 9.59 Å². The normalized spacial score (nSPS) is 20.5. The number of hydrogen-bond acceptors (Lipinski definition) is 4. The highest BCUT2D eigenvalue weighted by atomic mass is 16.5. The third-order valence-corrected chi connectivity index (χ3v) is 4.26. The Morgan fingerprint density at radius 1 is 1.32 bits per heavy atom. The number of rotatable bonds is 6. The van der Waals surface area contributed by atoms with Crippen LogP contribution in [0.4, 0.5) is 0 Å². The average molecular weight is 347 g/mol. The number of carboxylic acid groups (broad SMARTS) is 1. The molecule has 1 aromatic rings. The predicted molar refractivity (Wildman–Crippen MR) is 94.7 cm³/mol. The fourth-order valence-electron chi connectivity index (χ4n) is 3.06. The summed E-state index contributed by atoms with van der Waals surface area (Å²) in [5, 5.41) is 9.21. The molecule has 6 heteroatoms. The average Bonchev–Trinajstić information content (AvgIpc) is 2.59. The maximum absolute atomic E-state index is 12.4. The molecular formula is C19H25NO5. The van der Waals surface area contributed by atoms with Crippen molar-refractivity contribution >= 4 is 18.0 Å². The highest BCUT2D eigenvalue weighted by Crippen LogP contribution is 2.29. The minimum atomic E-state index is -0.855. The van der Waals surface area contributed by atoms with E-state index in [1.165, 1.54) is 0 Å². The van der Waals surface area contributed by atoms with Crippen LogP contribution in [0.2, 0.25) is 0 Å². The number of likely N-dealkylation sites (tertiary alicyclic amines) is 1. The summed E-state index contributed by atoms with van der Waals surface area (Å²) in [6.45, 7) is 4.54. The van der Waals surface area contributed by atoms with E-state index in [0.717, 1.165) is 5.56 Å². The number of aliphatic carboxylic acids is 1. The van der Waals surface area contributed by atoms with Crippen LogP contribution in [-0.4, -0.2) is 48.7 Å². The number of hydrogen-bond donors (Lipinski definition) is 1. The van der Waals surface area contributed by atoms with Crippen LogP contribution < -0.4 is 9.47 Å². The molecule has 1 heterocycles. The van der Waals surface area contributed by atoms with Crippen molar-refractivity contribution in [3.05, 3.63) is 29.8 Å². The number of carbonyl (C=O) groups excluding carboxylic acids is 1. The van der Waals surface area contributed by atoms with Gasteiger partial charge in [0, 0.05) is 13.1 Å². The fourth-order valence-corrected chi connectivity index (χ4v) is 3.06. The van der Waals surface area contributed by atoms with Crippen molar-refractivity contribution in [1.82, 2.24) is 4.90 Å². The molecule has 0 aromatic heterocycles. The second-order valence-corrected chi connectivity index (χ2v) is 6.37. The zero-order valence-corrected chi connectivity index (χ0v) is 14.9. The molecule has 1 amide bonds. The monoisotopic (exact) mass is 347 g/mol. The Hall–Kier alpha value is -2.50. The van der Waals surface area contributed by atoms with Crippen LogP contribution >= 0.6 is 0 Å². The van der Waals surface area contributed by atoms with Gasteiger partial charge < -0.3 is 19.5 Å². The minimum absolute atomic E-state index is 0.140. The van der Waals surface area contributed by atoms with Crippen molar-refractivity contribution in [1.29, 1.82) is 0 Å². The van der Waals surface area contributed by atoms with Crippen LogP contribution in [0, 0.1) is 11.8 Å². The molecule has 0 spiro atoms. The molecule has 1 saturated heterocycles. The first-order chi connectivity index (χ1) is 11.9. The Morgan fingerprint density at radius 3 is 2.72 bits per heavy atom. The van der Waals surface area contributed by atoms with Crippen molar-refractivity contribution in [3.63, 3.8) is 0 Å². The van der Waals surface area contributed by atoms with Gasteiger partial charge in [0.25, 0.3) is 5.91 Å². The molecule has 1 aliphatic rings. The highest BCUT2D eigenvalue weighted by molar-refractivity contribution is 5.79. The lowest BCUT2D eigenvalue weighted by Crippen LogP contribution is -2.47. The highest BCUT2D eigenvalue weighted by Gasteiger charge is 2.32. The summed E-state index contributed by atoms with van der Waals surface area (Å²) in [5.41, 5.74) is 0.979. The van der Waals surface area contributed by atoms with Gasteiger partial charge >= 0.3 is 5.97 Å². The van der Waals surface area contributed by atoms with Gasteiger partial charge in [-0.25, -0.2) is 0 Å². The molecule has 136 valence electrons. The van der Waals surface area contributed by atoms with Gasteiger partial charge in [0.15, 0.2) is 18.1 Å². The van der Waals surface area contributed by atoms with Gasteiger partial charge in [-0.15, -0.1) is 0 Å². The Balaban J connectivity index is 2.00. The van der Waals surface area contributed by atoms with Gasteiger partial charge in [-0.1, -0.05) is 25.1 Å². The van der Waals surface area contributed by atoms with E-state index in [1.807, 2.05) is 38.1 Å². The van der Waals surface area contributed by atoms with E-state index in [2.05, 4.69) is 0 Å². The summed E-state index contributed by atoms with van der Waals surface area (Å²) in [4.78, 5) is 25.2. The molecule has 0 aliphatic carbocycles. The van der Waals surface area contributed by atoms with E-state index in [9.17, 15) is 14.7 Å². The number of ether oxygens (including phenoxy) is 2. The third-order valence-electron chi connectivity index (χ3n) is 4.26. The summed E-state index contributed by atoms with van der Waals surface area (Å²) >= 11 is 0. The van der Waals surface area contributed by atoms with Crippen molar-refractivity contribution in [2.75, 3.05) is 26.8 Å². The lowest BCUT2D eigenvalue weighted by molar-refractivity contribution is -0.147. The molecule has 2 unspecified atom stereocenters. The van der Waals surface area contributed by atoms with E-state index in [1.54, 1.807) is 18.1 Å². The predicted octanol–water partition coefficient (Wildman–Crippen LogP) is 2.68. The van der Waals surface area contributed by atoms with Crippen LogP contribution in [0.5, 0.6) is 11.5 Å². The molecule has 2 atom stereocenters. The van der Waals surface area contributed by atoms with E-state index < -0.39 is 11.9 Å². The van der Waals surface area contributed by atoms with Crippen molar-refractivity contribution < 1.29 is 24.2 Å². The fraction of sp³-hybridized carbons (Fsp3) is 0.474. The largest absolute Gasteiger partial charge is 0.493 e. The van der Waals surface area contributed by atoms with Gasteiger partial charge in [-0.2, -0.15) is 0 Å². The van der Waals surface area contributed by atoms with Crippen molar-refractivity contribution in [2.24, 2.45) is 11.8 Å². The first-order valence-corrected chi connectivity index (χ1v) is 8.38. The van der Waals surface area contributed by atoms with Crippen LogP contribution in [0.3, 0.4) is 0 Å². The number of nitrogens with zero attached hydrogens (tertiary/aromatic N) is 1. The molecule has 1 aromatic carbocycles. The van der Waals surface area contributed by atoms with E-state index >= 15 is 0 Å². The summed E-state index contributed by atoms with van der Waals surface area (Å²) in [7, 11) is 1.55. The number of benzene rings is 1. The Kier molecular flexibility index (Phi) is 6.44. The number of carboxylic acids is 1. The first kappa shape index (κ1) is 18.8. The summed E-state index contributed by atoms with van der Waals surface area (Å²) in [6, 6.07) is 5.48. The number of allylic oxidation sites excluding steroid dienone is 1. The van der Waals surface area contributed by atoms with Crippen molar-refractivity contribution in [3.8, 4) is 11.5 Å². The first-order valence-electron chi connectivity index (χ1n) is 8.38. The zero-order chi connectivity index (χ0) is 18.4. The third kappa shape index (κ3) is 4.98. The summed E-state index contributed by atoms with van der Waals surface area (Å²) in [5.74, 6) is -0.373. The Bertz CT molecular complexity index is 655. The Morgan fingerprint density at radius 2 is 2.08 bits per heavy atom. The van der Waals surface area contributed by atoms with Gasteiger partial charge in [0.2, 0.25) is 0 Å². The molecule has 1 fully saturated rings. The molecule has 6 nitrogen and oxygen atoms in total. The number of piperidine rings is 1. The van der Waals surface area contributed by atoms with Crippen LogP contribution in [0.1, 0.15) is 25.8 Å². The smallest absolute Gasteiger partial charge is 0.308 e. The molecule has 0 radical (unpaired) electrons. The quantitative estimate of drug-likeness (QED) is 0.856. The van der Waals surface area contributed by atoms with Crippen LogP contribution in [0.25, 0.3) is 6.08 Å². The summed E-state index contributed by atoms with van der Waals surface area (Å²) < 4.78 is 10.9. The Labute approximate surface area is 148 Å². The van der Waals surface area contributed by atoms with Gasteiger partial charge in [-0.05, 0) is 37.0 Å². The molecule has 0 saturated carbocycles. The van der Waals surface area contributed by atoms with Gasteiger partial charge in [0.05, 0.1) is 13.0 Å². The molecule has 25 heavy (non-hydrogen) atoms. The topological polar surface area (TPSA) is 76.1 Å². The van der Waals surface area contributed by atoms with Crippen LogP contribution in [-0.2, 0) is 9.59 Å².